The van der Waals surface area contributed by atoms with E-state index in [1.807, 2.05) is 6.92 Å². The molecular weight excluding hydrogens is 188 g/mol. The van der Waals surface area contributed by atoms with E-state index in [9.17, 15) is 9.59 Å². The van der Waals surface area contributed by atoms with Gasteiger partial charge in [0.25, 0.3) is 0 Å². The van der Waals surface area contributed by atoms with Gasteiger partial charge in [-0.2, -0.15) is 0 Å². The number of rotatable bonds is 5. The predicted molar refractivity (Wildman–Crippen MR) is 49.8 cm³/mol. The van der Waals surface area contributed by atoms with Crippen molar-refractivity contribution >= 4 is 12.1 Å². The molecule has 0 aliphatic carbocycles. The molecule has 0 heterocycles. The standard InChI is InChI=1S/C8H16N2O4/c1-3-5(2)14-8(13)10-6(4-9)7(11)12/h5-6H,3-4,9H2,1-2H3,(H,10,13)(H,11,12). The minimum atomic E-state index is -1.17. The molecule has 0 bridgehead atoms. The largest absolute Gasteiger partial charge is 0.480 e. The average Bonchev–Trinajstić information content (AvgIpc) is 2.13. The molecule has 0 aliphatic rings. The van der Waals surface area contributed by atoms with E-state index in [0.29, 0.717) is 6.42 Å². The molecule has 4 N–H and O–H groups in total. The summed E-state index contributed by atoms with van der Waals surface area (Å²) in [6.07, 6.45) is -0.312. The van der Waals surface area contributed by atoms with Gasteiger partial charge in [-0.25, -0.2) is 9.59 Å². The van der Waals surface area contributed by atoms with Gasteiger partial charge in [0.1, 0.15) is 12.1 Å². The predicted octanol–water partition coefficient (Wildman–Crippen LogP) is -0.0770. The number of hydrogen-bond acceptors (Lipinski definition) is 4. The molecule has 0 saturated carbocycles. The fourth-order valence-electron chi connectivity index (χ4n) is 0.664. The Morgan fingerprint density at radius 3 is 2.50 bits per heavy atom. The average molecular weight is 204 g/mol. The third-order valence-electron chi connectivity index (χ3n) is 1.71. The van der Waals surface area contributed by atoms with Crippen LogP contribution in [0.25, 0.3) is 0 Å². The molecule has 0 aromatic carbocycles. The number of nitrogens with two attached hydrogens (primary N) is 1. The van der Waals surface area contributed by atoms with Crippen molar-refractivity contribution in [1.29, 1.82) is 0 Å². The van der Waals surface area contributed by atoms with E-state index in [4.69, 9.17) is 15.6 Å². The number of hydrogen-bond donors (Lipinski definition) is 3. The van der Waals surface area contributed by atoms with Crippen LogP contribution in [0.4, 0.5) is 4.79 Å². The lowest BCUT2D eigenvalue weighted by Gasteiger charge is -2.15. The Kier molecular flexibility index (Phi) is 5.62. The summed E-state index contributed by atoms with van der Waals surface area (Å²) >= 11 is 0. The highest BCUT2D eigenvalue weighted by Gasteiger charge is 2.19. The van der Waals surface area contributed by atoms with Crippen molar-refractivity contribution in [2.24, 2.45) is 5.73 Å². The fraction of sp³-hybridized carbons (Fsp3) is 0.750. The van der Waals surface area contributed by atoms with E-state index < -0.39 is 18.1 Å². The SMILES string of the molecule is CCC(C)OC(=O)NC(CN)C(=O)O. The second kappa shape index (κ2) is 6.20. The van der Waals surface area contributed by atoms with E-state index in [1.165, 1.54) is 0 Å². The van der Waals surface area contributed by atoms with Crippen molar-refractivity contribution in [2.75, 3.05) is 6.54 Å². The number of ether oxygens (including phenoxy) is 1. The van der Waals surface area contributed by atoms with E-state index >= 15 is 0 Å². The van der Waals surface area contributed by atoms with Gasteiger partial charge in [0, 0.05) is 6.54 Å². The zero-order valence-corrected chi connectivity index (χ0v) is 8.32. The first-order valence-corrected chi connectivity index (χ1v) is 4.41. The van der Waals surface area contributed by atoms with Crippen molar-refractivity contribution in [2.45, 2.75) is 32.4 Å². The lowest BCUT2D eigenvalue weighted by Crippen LogP contribution is -2.46. The van der Waals surface area contributed by atoms with Gasteiger partial charge in [0.2, 0.25) is 0 Å². The van der Waals surface area contributed by atoms with Crippen LogP contribution in [0.5, 0.6) is 0 Å². The molecule has 0 rings (SSSR count). The minimum Gasteiger partial charge on any atom is -0.480 e. The maximum atomic E-state index is 11.0. The number of carboxylic acid groups (broad SMARTS) is 1. The van der Waals surface area contributed by atoms with E-state index in [1.54, 1.807) is 6.92 Å². The fourth-order valence-corrected chi connectivity index (χ4v) is 0.664. The van der Waals surface area contributed by atoms with Gasteiger partial charge in [-0.05, 0) is 13.3 Å². The topological polar surface area (TPSA) is 102 Å². The quantitative estimate of drug-likeness (QED) is 0.581. The Morgan fingerprint density at radius 1 is 1.57 bits per heavy atom. The first kappa shape index (κ1) is 12.7. The maximum absolute atomic E-state index is 11.0. The molecule has 0 fully saturated rings. The van der Waals surface area contributed by atoms with E-state index in [2.05, 4.69) is 5.32 Å². The molecule has 6 heteroatoms. The molecule has 0 spiro atoms. The van der Waals surface area contributed by atoms with Crippen LogP contribution >= 0.6 is 0 Å². The second-order valence-corrected chi connectivity index (χ2v) is 2.90. The molecule has 2 unspecified atom stereocenters. The van der Waals surface area contributed by atoms with Gasteiger partial charge in [-0.3, -0.25) is 0 Å². The van der Waals surface area contributed by atoms with Crippen LogP contribution in [0.3, 0.4) is 0 Å². The monoisotopic (exact) mass is 204 g/mol. The second-order valence-electron chi connectivity index (χ2n) is 2.90. The molecule has 0 aromatic heterocycles. The van der Waals surface area contributed by atoms with E-state index in [0.717, 1.165) is 0 Å². The number of amides is 1. The summed E-state index contributed by atoms with van der Waals surface area (Å²) in [5.74, 6) is -1.17. The molecule has 1 amide bonds. The number of carbonyl (C=O) groups excluding carboxylic acids is 1. The van der Waals surface area contributed by atoms with E-state index in [-0.39, 0.29) is 12.6 Å². The summed E-state index contributed by atoms with van der Waals surface area (Å²) in [6, 6.07) is -1.09. The maximum Gasteiger partial charge on any atom is 0.408 e. The minimum absolute atomic E-state index is 0.162. The first-order valence-electron chi connectivity index (χ1n) is 4.41. The van der Waals surface area contributed by atoms with Crippen LogP contribution in [-0.4, -0.2) is 35.9 Å². The van der Waals surface area contributed by atoms with Crippen LogP contribution in [-0.2, 0) is 9.53 Å². The Morgan fingerprint density at radius 2 is 2.14 bits per heavy atom. The van der Waals surface area contributed by atoms with Gasteiger partial charge in [-0.1, -0.05) is 6.92 Å². The lowest BCUT2D eigenvalue weighted by atomic mass is 10.3. The van der Waals surface area contributed by atoms with Crippen LogP contribution in [0, 0.1) is 0 Å². The van der Waals surface area contributed by atoms with Crippen molar-refractivity contribution in [3.63, 3.8) is 0 Å². The molecule has 0 radical (unpaired) electrons. The third-order valence-corrected chi connectivity index (χ3v) is 1.71. The Balaban J connectivity index is 3.97. The molecule has 0 saturated heterocycles. The molecule has 2 atom stereocenters. The molecule has 0 aromatic rings. The highest BCUT2D eigenvalue weighted by molar-refractivity contribution is 5.80. The van der Waals surface area contributed by atoms with Crippen LogP contribution in [0.2, 0.25) is 0 Å². The Bertz CT molecular complexity index is 208. The van der Waals surface area contributed by atoms with Crippen LogP contribution in [0.1, 0.15) is 20.3 Å². The van der Waals surface area contributed by atoms with Gasteiger partial charge in [-0.15, -0.1) is 0 Å². The zero-order valence-electron chi connectivity index (χ0n) is 8.32. The summed E-state index contributed by atoms with van der Waals surface area (Å²) in [7, 11) is 0. The van der Waals surface area contributed by atoms with Crippen molar-refractivity contribution in [1.82, 2.24) is 5.32 Å². The van der Waals surface area contributed by atoms with Gasteiger partial charge in [0.15, 0.2) is 0 Å². The summed E-state index contributed by atoms with van der Waals surface area (Å²) in [4.78, 5) is 21.5. The number of aliphatic carboxylic acids is 1. The molecule has 14 heavy (non-hydrogen) atoms. The highest BCUT2D eigenvalue weighted by atomic mass is 16.6. The Hall–Kier alpha value is -1.30. The van der Waals surface area contributed by atoms with Crippen LogP contribution < -0.4 is 11.1 Å². The number of carbonyl (C=O) groups is 2. The highest BCUT2D eigenvalue weighted by Crippen LogP contribution is 1.96. The van der Waals surface area contributed by atoms with Crippen LogP contribution in [0.15, 0.2) is 0 Å². The molecule has 0 aliphatic heterocycles. The van der Waals surface area contributed by atoms with Gasteiger partial charge >= 0.3 is 12.1 Å². The molecular formula is C8H16N2O4. The first-order chi connectivity index (χ1) is 6.51. The zero-order chi connectivity index (χ0) is 11.1. The number of alkyl carbamates (subject to hydrolysis) is 1. The van der Waals surface area contributed by atoms with Gasteiger partial charge in [0.05, 0.1) is 0 Å². The van der Waals surface area contributed by atoms with Gasteiger partial charge < -0.3 is 20.9 Å². The molecule has 82 valence electrons. The smallest absolute Gasteiger partial charge is 0.408 e. The number of nitrogens with one attached hydrogen (secondary N) is 1. The summed E-state index contributed by atoms with van der Waals surface area (Å²) < 4.78 is 4.81. The number of carboxylic acids is 1. The summed E-state index contributed by atoms with van der Waals surface area (Å²) in [5.41, 5.74) is 5.13. The van der Waals surface area contributed by atoms with Crippen molar-refractivity contribution in [3.05, 3.63) is 0 Å². The van der Waals surface area contributed by atoms with Crippen molar-refractivity contribution in [3.8, 4) is 0 Å². The van der Waals surface area contributed by atoms with Crippen molar-refractivity contribution < 1.29 is 19.4 Å². The third kappa shape index (κ3) is 4.66. The summed E-state index contributed by atoms with van der Waals surface area (Å²) in [5, 5.41) is 10.7. The normalized spacial score (nSPS) is 14.2. The lowest BCUT2D eigenvalue weighted by molar-refractivity contribution is -0.139. The summed E-state index contributed by atoms with van der Waals surface area (Å²) in [6.45, 7) is 3.41. The molecule has 6 nitrogen and oxygen atoms in total. The Labute approximate surface area is 82.4 Å².